The van der Waals surface area contributed by atoms with Crippen LogP contribution >= 0.6 is 11.8 Å². The van der Waals surface area contributed by atoms with Crippen LogP contribution in [0.25, 0.3) is 10.9 Å². The van der Waals surface area contributed by atoms with Crippen LogP contribution in [0, 0.1) is 0 Å². The van der Waals surface area contributed by atoms with Gasteiger partial charge in [-0.25, -0.2) is 5.43 Å². The van der Waals surface area contributed by atoms with Crippen LogP contribution in [-0.2, 0) is 0 Å². The molecule has 0 atom stereocenters. The number of rotatable bonds is 3. The van der Waals surface area contributed by atoms with Gasteiger partial charge in [-0.2, -0.15) is 5.10 Å². The number of carbonyl (C=O) groups excluding carboxylic acids is 1. The fourth-order valence-corrected chi connectivity index (χ4v) is 4.35. The third kappa shape index (κ3) is 3.28. The van der Waals surface area contributed by atoms with Crippen molar-refractivity contribution in [2.75, 3.05) is 5.32 Å². The van der Waals surface area contributed by atoms with Gasteiger partial charge in [-0.1, -0.05) is 48.2 Å². The molecule has 142 valence electrons. The highest BCUT2D eigenvalue weighted by Gasteiger charge is 2.16. The maximum atomic E-state index is 12.6. The van der Waals surface area contributed by atoms with Crippen molar-refractivity contribution >= 4 is 45.7 Å². The van der Waals surface area contributed by atoms with E-state index in [1.807, 2.05) is 49.4 Å². The van der Waals surface area contributed by atoms with Gasteiger partial charge in [0.1, 0.15) is 0 Å². The molecule has 1 aromatic heterocycles. The molecule has 1 aliphatic heterocycles. The summed E-state index contributed by atoms with van der Waals surface area (Å²) in [6.07, 6.45) is 1.71. The van der Waals surface area contributed by atoms with E-state index in [0.29, 0.717) is 5.56 Å². The largest absolute Gasteiger partial charge is 0.360 e. The molecule has 1 amide bonds. The predicted molar refractivity (Wildman–Crippen MR) is 118 cm³/mol. The first-order chi connectivity index (χ1) is 14.2. The molecular weight excluding hydrogens is 380 g/mol. The van der Waals surface area contributed by atoms with Gasteiger partial charge in [-0.05, 0) is 42.8 Å². The Morgan fingerprint density at radius 2 is 1.76 bits per heavy atom. The molecule has 0 bridgehead atoms. The zero-order chi connectivity index (χ0) is 19.8. The topological polar surface area (TPSA) is 69.3 Å². The third-order valence-corrected chi connectivity index (χ3v) is 6.08. The Morgan fingerprint density at radius 3 is 2.69 bits per heavy atom. The first-order valence-corrected chi connectivity index (χ1v) is 10.1. The Bertz CT molecular complexity index is 1270. The monoisotopic (exact) mass is 398 g/mol. The Balaban J connectivity index is 1.36. The van der Waals surface area contributed by atoms with Crippen LogP contribution in [0.3, 0.4) is 0 Å². The number of amides is 1. The van der Waals surface area contributed by atoms with Gasteiger partial charge >= 0.3 is 0 Å². The summed E-state index contributed by atoms with van der Waals surface area (Å²) in [4.78, 5) is 18.1. The van der Waals surface area contributed by atoms with Gasteiger partial charge in [0, 0.05) is 26.9 Å². The average molecular weight is 398 g/mol. The fourth-order valence-electron chi connectivity index (χ4n) is 3.38. The van der Waals surface area contributed by atoms with Gasteiger partial charge in [0.05, 0.1) is 22.6 Å². The van der Waals surface area contributed by atoms with Crippen molar-refractivity contribution in [2.24, 2.45) is 5.10 Å². The molecule has 0 saturated carbocycles. The van der Waals surface area contributed by atoms with E-state index in [1.165, 1.54) is 9.79 Å². The normalized spacial score (nSPS) is 12.8. The predicted octanol–water partition coefficient (Wildman–Crippen LogP) is 5.53. The molecule has 29 heavy (non-hydrogen) atoms. The first-order valence-electron chi connectivity index (χ1n) is 9.28. The average Bonchev–Trinajstić information content (AvgIpc) is 3.19. The number of aromatic amines is 1. The van der Waals surface area contributed by atoms with Crippen LogP contribution in [0.15, 0.2) is 87.8 Å². The van der Waals surface area contributed by atoms with Crippen molar-refractivity contribution < 1.29 is 4.79 Å². The molecule has 0 aliphatic carbocycles. The van der Waals surface area contributed by atoms with Crippen molar-refractivity contribution in [3.8, 4) is 0 Å². The van der Waals surface area contributed by atoms with Crippen LogP contribution in [0.1, 0.15) is 22.8 Å². The van der Waals surface area contributed by atoms with E-state index in [4.69, 9.17) is 0 Å². The summed E-state index contributed by atoms with van der Waals surface area (Å²) in [5, 5.41) is 8.68. The minimum Gasteiger partial charge on any atom is -0.360 e. The number of anilines is 2. The van der Waals surface area contributed by atoms with E-state index < -0.39 is 0 Å². The molecule has 5 nitrogen and oxygen atoms in total. The van der Waals surface area contributed by atoms with Crippen LogP contribution in [0.5, 0.6) is 0 Å². The molecular formula is C23H18N4OS. The second kappa shape index (κ2) is 7.14. The van der Waals surface area contributed by atoms with E-state index in [1.54, 1.807) is 18.0 Å². The Labute approximate surface area is 172 Å². The maximum absolute atomic E-state index is 12.6. The second-order valence-electron chi connectivity index (χ2n) is 6.82. The number of carbonyl (C=O) groups is 1. The van der Waals surface area contributed by atoms with Crippen molar-refractivity contribution in [1.82, 2.24) is 10.4 Å². The highest BCUT2D eigenvalue weighted by atomic mass is 32.2. The van der Waals surface area contributed by atoms with E-state index in [2.05, 4.69) is 45.1 Å². The molecule has 5 rings (SSSR count). The van der Waals surface area contributed by atoms with Gasteiger partial charge in [0.15, 0.2) is 0 Å². The van der Waals surface area contributed by atoms with Crippen LogP contribution in [0.4, 0.5) is 11.4 Å². The number of aromatic nitrogens is 1. The van der Waals surface area contributed by atoms with Gasteiger partial charge in [-0.3, -0.25) is 4.79 Å². The molecule has 4 aromatic rings. The maximum Gasteiger partial charge on any atom is 0.273 e. The van der Waals surface area contributed by atoms with Crippen LogP contribution in [-0.4, -0.2) is 16.6 Å². The summed E-state index contributed by atoms with van der Waals surface area (Å²) < 4.78 is 0. The number of hydrogen-bond acceptors (Lipinski definition) is 4. The highest BCUT2D eigenvalue weighted by Crippen LogP contribution is 2.44. The molecule has 0 unspecified atom stereocenters. The fraction of sp³-hybridized carbons (Fsp3) is 0.0435. The van der Waals surface area contributed by atoms with Crippen molar-refractivity contribution in [2.45, 2.75) is 16.7 Å². The molecule has 3 N–H and O–H groups in total. The number of benzene rings is 3. The summed E-state index contributed by atoms with van der Waals surface area (Å²) in [7, 11) is 0. The van der Waals surface area contributed by atoms with Gasteiger partial charge in [0.25, 0.3) is 5.91 Å². The highest BCUT2D eigenvalue weighted by molar-refractivity contribution is 7.99. The Morgan fingerprint density at radius 1 is 0.966 bits per heavy atom. The van der Waals surface area contributed by atoms with Crippen molar-refractivity contribution in [1.29, 1.82) is 0 Å². The number of nitrogens with one attached hydrogen (secondary N) is 3. The quantitative estimate of drug-likeness (QED) is 0.276. The first kappa shape index (κ1) is 17.6. The zero-order valence-corrected chi connectivity index (χ0v) is 16.5. The zero-order valence-electron chi connectivity index (χ0n) is 15.7. The summed E-state index contributed by atoms with van der Waals surface area (Å²) in [6.45, 7) is 1.89. The number of hydrazone groups is 1. The van der Waals surface area contributed by atoms with Crippen LogP contribution in [0.2, 0.25) is 0 Å². The summed E-state index contributed by atoms with van der Waals surface area (Å²) in [6, 6.07) is 22.1. The lowest BCUT2D eigenvalue weighted by Gasteiger charge is -2.21. The molecule has 0 fully saturated rings. The number of fused-ring (bicyclic) bond motifs is 3. The van der Waals surface area contributed by atoms with Crippen LogP contribution < -0.4 is 10.7 Å². The minimum absolute atomic E-state index is 0.234. The molecule has 1 aliphatic rings. The summed E-state index contributed by atoms with van der Waals surface area (Å²) in [5.41, 5.74) is 8.03. The molecule has 3 aromatic carbocycles. The standard InChI is InChI=1S/C23H18N4OS/c1-14(26-27-23(28)17-13-24-18-7-3-2-6-16(17)18)15-10-11-22-20(12-15)25-19-8-4-5-9-21(19)29-22/h2-13,24-25H,1H3,(H,27,28). The number of nitrogens with zero attached hydrogens (tertiary/aromatic N) is 1. The summed E-state index contributed by atoms with van der Waals surface area (Å²) >= 11 is 1.74. The summed E-state index contributed by atoms with van der Waals surface area (Å²) in [5.74, 6) is -0.234. The van der Waals surface area contributed by atoms with E-state index in [9.17, 15) is 4.79 Å². The molecule has 6 heteroatoms. The second-order valence-corrected chi connectivity index (χ2v) is 7.90. The van der Waals surface area contributed by atoms with Gasteiger partial charge in [-0.15, -0.1) is 0 Å². The number of H-pyrrole nitrogens is 1. The number of hydrogen-bond donors (Lipinski definition) is 3. The van der Waals surface area contributed by atoms with E-state index in [0.717, 1.165) is 33.6 Å². The molecule has 2 heterocycles. The van der Waals surface area contributed by atoms with Gasteiger partial charge < -0.3 is 10.3 Å². The van der Waals surface area contributed by atoms with Gasteiger partial charge in [0.2, 0.25) is 0 Å². The number of para-hydroxylation sites is 2. The van der Waals surface area contributed by atoms with Crippen molar-refractivity contribution in [3.05, 3.63) is 84.1 Å². The lowest BCUT2D eigenvalue weighted by atomic mass is 10.1. The van der Waals surface area contributed by atoms with E-state index >= 15 is 0 Å². The van der Waals surface area contributed by atoms with E-state index in [-0.39, 0.29) is 5.91 Å². The van der Waals surface area contributed by atoms with Crippen molar-refractivity contribution in [3.63, 3.8) is 0 Å². The molecule has 0 saturated heterocycles. The Hall–Kier alpha value is -3.51. The minimum atomic E-state index is -0.234. The molecule has 0 radical (unpaired) electrons. The SMILES string of the molecule is CC(=NNC(=O)c1c[nH]c2ccccc12)c1ccc2c(c1)Nc1ccccc1S2. The third-order valence-electron chi connectivity index (χ3n) is 4.93. The lowest BCUT2D eigenvalue weighted by molar-refractivity contribution is 0.0956. The lowest BCUT2D eigenvalue weighted by Crippen LogP contribution is -2.19. The molecule has 0 spiro atoms. The Kier molecular flexibility index (Phi) is 4.33. The smallest absolute Gasteiger partial charge is 0.273 e.